The smallest absolute Gasteiger partial charge is 0.0207 e. The molecule has 0 aliphatic carbocycles. The van der Waals surface area contributed by atoms with Crippen LogP contribution in [-0.4, -0.2) is 13.1 Å². The second-order valence-electron chi connectivity index (χ2n) is 4.08. The van der Waals surface area contributed by atoms with Crippen LogP contribution in [0, 0.1) is 5.41 Å². The minimum atomic E-state index is 0.177. The van der Waals surface area contributed by atoms with Gasteiger partial charge in [-0.25, -0.2) is 0 Å². The van der Waals surface area contributed by atoms with E-state index in [2.05, 4.69) is 32.7 Å². The Balaban J connectivity index is 3.60. The van der Waals surface area contributed by atoms with Crippen LogP contribution in [0.3, 0.4) is 0 Å². The van der Waals surface area contributed by atoms with E-state index in [-0.39, 0.29) is 5.41 Å². The number of rotatable bonds is 6. The van der Waals surface area contributed by atoms with E-state index in [0.717, 1.165) is 25.1 Å². The van der Waals surface area contributed by atoms with Crippen LogP contribution in [0.5, 0.6) is 0 Å². The summed E-state index contributed by atoms with van der Waals surface area (Å²) in [5.41, 5.74) is 6.90. The summed E-state index contributed by atoms with van der Waals surface area (Å²) < 4.78 is 0. The van der Waals surface area contributed by atoms with Crippen molar-refractivity contribution >= 4 is 0 Å². The van der Waals surface area contributed by atoms with Crippen LogP contribution in [-0.2, 0) is 0 Å². The second kappa shape index (κ2) is 5.20. The van der Waals surface area contributed by atoms with Crippen molar-refractivity contribution in [2.24, 2.45) is 11.1 Å². The van der Waals surface area contributed by atoms with Gasteiger partial charge in [-0.2, -0.15) is 0 Å². The molecule has 0 saturated heterocycles. The van der Waals surface area contributed by atoms with Gasteiger partial charge in [0.2, 0.25) is 0 Å². The number of nitrogens with two attached hydrogens (primary N) is 1. The highest BCUT2D eigenvalue weighted by molar-refractivity contribution is 4.92. The van der Waals surface area contributed by atoms with E-state index in [9.17, 15) is 0 Å². The first kappa shape index (κ1) is 11.5. The highest BCUT2D eigenvalue weighted by Gasteiger charge is 2.14. The molecule has 0 unspecified atom stereocenters. The summed E-state index contributed by atoms with van der Waals surface area (Å²) >= 11 is 0. The lowest BCUT2D eigenvalue weighted by Gasteiger charge is -2.23. The molecule has 2 nitrogen and oxygen atoms in total. The van der Waals surface area contributed by atoms with Crippen molar-refractivity contribution in [1.29, 1.82) is 0 Å². The fourth-order valence-electron chi connectivity index (χ4n) is 0.827. The predicted octanol–water partition coefficient (Wildman–Crippen LogP) is 1.87. The van der Waals surface area contributed by atoms with Gasteiger partial charge < -0.3 is 11.1 Å². The largest absolute Gasteiger partial charge is 0.388 e. The molecular formula is C10H22N2. The number of hydrogen-bond donors (Lipinski definition) is 2. The van der Waals surface area contributed by atoms with Crippen molar-refractivity contribution in [3.63, 3.8) is 0 Å². The van der Waals surface area contributed by atoms with Crippen LogP contribution in [0.1, 0.15) is 33.6 Å². The second-order valence-corrected chi connectivity index (χ2v) is 4.08. The Kier molecular flexibility index (Phi) is 4.98. The predicted molar refractivity (Wildman–Crippen MR) is 54.9 cm³/mol. The Morgan fingerprint density at radius 3 is 2.50 bits per heavy atom. The minimum absolute atomic E-state index is 0.177. The Hall–Kier alpha value is -0.500. The highest BCUT2D eigenvalue weighted by Crippen LogP contribution is 2.11. The van der Waals surface area contributed by atoms with Gasteiger partial charge in [-0.1, -0.05) is 33.8 Å². The lowest BCUT2D eigenvalue weighted by Crippen LogP contribution is -2.34. The first-order chi connectivity index (χ1) is 5.52. The molecule has 0 fully saturated rings. The molecule has 0 atom stereocenters. The first-order valence-electron chi connectivity index (χ1n) is 4.63. The summed E-state index contributed by atoms with van der Waals surface area (Å²) in [6.45, 7) is 12.0. The molecule has 0 bridgehead atoms. The van der Waals surface area contributed by atoms with Gasteiger partial charge in [-0.15, -0.1) is 0 Å². The standard InChI is InChI=1S/C10H22N2/c1-5-6-9(2)12-8-10(3,4)7-11/h12H,2,5-8,11H2,1,3-4H3. The van der Waals surface area contributed by atoms with Gasteiger partial charge >= 0.3 is 0 Å². The lowest BCUT2D eigenvalue weighted by molar-refractivity contribution is 0.364. The van der Waals surface area contributed by atoms with Gasteiger partial charge in [0, 0.05) is 12.2 Å². The minimum Gasteiger partial charge on any atom is -0.388 e. The number of hydrogen-bond acceptors (Lipinski definition) is 2. The molecule has 2 heteroatoms. The van der Waals surface area contributed by atoms with E-state index in [1.165, 1.54) is 0 Å². The first-order valence-corrected chi connectivity index (χ1v) is 4.63. The van der Waals surface area contributed by atoms with E-state index < -0.39 is 0 Å². The van der Waals surface area contributed by atoms with Crippen LogP contribution < -0.4 is 11.1 Å². The quantitative estimate of drug-likeness (QED) is 0.638. The average Bonchev–Trinajstić information content (AvgIpc) is 2.02. The summed E-state index contributed by atoms with van der Waals surface area (Å²) in [5, 5.41) is 3.30. The van der Waals surface area contributed by atoms with Crippen LogP contribution in [0.4, 0.5) is 0 Å². The van der Waals surface area contributed by atoms with E-state index in [4.69, 9.17) is 5.73 Å². The third-order valence-electron chi connectivity index (χ3n) is 1.92. The average molecular weight is 170 g/mol. The van der Waals surface area contributed by atoms with E-state index in [1.54, 1.807) is 0 Å². The third-order valence-corrected chi connectivity index (χ3v) is 1.92. The van der Waals surface area contributed by atoms with Gasteiger partial charge in [0.05, 0.1) is 0 Å². The monoisotopic (exact) mass is 170 g/mol. The Labute approximate surface area is 76.2 Å². The molecule has 0 amide bonds. The molecule has 0 rings (SSSR count). The molecule has 0 aromatic carbocycles. The molecular weight excluding hydrogens is 148 g/mol. The van der Waals surface area contributed by atoms with Crippen molar-refractivity contribution < 1.29 is 0 Å². The van der Waals surface area contributed by atoms with E-state index in [1.807, 2.05) is 0 Å². The van der Waals surface area contributed by atoms with E-state index in [0.29, 0.717) is 6.54 Å². The molecule has 12 heavy (non-hydrogen) atoms. The molecule has 0 saturated carbocycles. The lowest BCUT2D eigenvalue weighted by atomic mass is 9.94. The number of nitrogens with one attached hydrogen (secondary N) is 1. The molecule has 0 aliphatic heterocycles. The van der Waals surface area contributed by atoms with Gasteiger partial charge in [0.25, 0.3) is 0 Å². The topological polar surface area (TPSA) is 38.0 Å². The molecule has 3 N–H and O–H groups in total. The van der Waals surface area contributed by atoms with Crippen LogP contribution in [0.25, 0.3) is 0 Å². The molecule has 0 aromatic heterocycles. The fourth-order valence-corrected chi connectivity index (χ4v) is 0.827. The molecule has 0 radical (unpaired) electrons. The van der Waals surface area contributed by atoms with Gasteiger partial charge in [0.1, 0.15) is 0 Å². The molecule has 0 aliphatic rings. The van der Waals surface area contributed by atoms with Crippen molar-refractivity contribution in [2.75, 3.05) is 13.1 Å². The van der Waals surface area contributed by atoms with Crippen LogP contribution in [0.15, 0.2) is 12.3 Å². The number of allylic oxidation sites excluding steroid dienone is 1. The maximum atomic E-state index is 5.60. The summed E-state index contributed by atoms with van der Waals surface area (Å²) in [6.07, 6.45) is 2.20. The van der Waals surface area contributed by atoms with Gasteiger partial charge in [-0.05, 0) is 18.4 Å². The van der Waals surface area contributed by atoms with Crippen LogP contribution in [0.2, 0.25) is 0 Å². The Bertz CT molecular complexity index is 139. The zero-order chi connectivity index (χ0) is 9.61. The highest BCUT2D eigenvalue weighted by atomic mass is 14.9. The molecule has 0 aromatic rings. The fraction of sp³-hybridized carbons (Fsp3) is 0.800. The SMILES string of the molecule is C=C(CCC)NCC(C)(C)CN. The van der Waals surface area contributed by atoms with Crippen molar-refractivity contribution in [3.8, 4) is 0 Å². The van der Waals surface area contributed by atoms with Crippen molar-refractivity contribution in [1.82, 2.24) is 5.32 Å². The van der Waals surface area contributed by atoms with Gasteiger partial charge in [-0.3, -0.25) is 0 Å². The van der Waals surface area contributed by atoms with Crippen molar-refractivity contribution in [2.45, 2.75) is 33.6 Å². The Morgan fingerprint density at radius 1 is 1.50 bits per heavy atom. The summed E-state index contributed by atoms with van der Waals surface area (Å²) in [6, 6.07) is 0. The summed E-state index contributed by atoms with van der Waals surface area (Å²) in [7, 11) is 0. The third kappa shape index (κ3) is 5.19. The van der Waals surface area contributed by atoms with E-state index >= 15 is 0 Å². The maximum Gasteiger partial charge on any atom is 0.0207 e. The zero-order valence-corrected chi connectivity index (χ0v) is 8.61. The summed E-state index contributed by atoms with van der Waals surface area (Å²) in [4.78, 5) is 0. The maximum absolute atomic E-state index is 5.60. The van der Waals surface area contributed by atoms with Gasteiger partial charge in [0.15, 0.2) is 0 Å². The van der Waals surface area contributed by atoms with Crippen LogP contribution >= 0.6 is 0 Å². The zero-order valence-electron chi connectivity index (χ0n) is 8.61. The molecule has 72 valence electrons. The molecule has 0 heterocycles. The van der Waals surface area contributed by atoms with Crippen molar-refractivity contribution in [3.05, 3.63) is 12.3 Å². The molecule has 0 spiro atoms. The normalized spacial score (nSPS) is 11.3. The Morgan fingerprint density at radius 2 is 2.08 bits per heavy atom. The summed E-state index contributed by atoms with van der Waals surface area (Å²) in [5.74, 6) is 0.